The number of nitrogens with zero attached hydrogens (tertiary/aromatic N) is 1. The van der Waals surface area contributed by atoms with Gasteiger partial charge in [0.15, 0.2) is 0 Å². The average Bonchev–Trinajstić information content (AvgIpc) is 2.74. The fourth-order valence-corrected chi connectivity index (χ4v) is 3.45. The summed E-state index contributed by atoms with van der Waals surface area (Å²) < 4.78 is 10.6. The van der Waals surface area contributed by atoms with Gasteiger partial charge in [-0.05, 0) is 36.6 Å². The monoisotopic (exact) mass is 380 g/mol. The number of methoxy groups -OCH3 is 2. The van der Waals surface area contributed by atoms with Crippen molar-refractivity contribution < 1.29 is 14.3 Å². The van der Waals surface area contributed by atoms with Crippen LogP contribution in [0.1, 0.15) is 24.0 Å². The summed E-state index contributed by atoms with van der Waals surface area (Å²) in [5.41, 5.74) is 2.18. The topological polar surface area (TPSA) is 50.8 Å². The maximum Gasteiger partial charge on any atom is 0.244 e. The third-order valence-electron chi connectivity index (χ3n) is 5.04. The van der Waals surface area contributed by atoms with Crippen molar-refractivity contribution in [1.29, 1.82) is 0 Å². The van der Waals surface area contributed by atoms with Crippen LogP contribution in [0.3, 0.4) is 0 Å². The molecule has 5 nitrogen and oxygen atoms in total. The van der Waals surface area contributed by atoms with Crippen molar-refractivity contribution in [2.75, 3.05) is 27.3 Å². The molecule has 0 atom stereocenters. The van der Waals surface area contributed by atoms with Gasteiger partial charge < -0.3 is 14.8 Å². The highest BCUT2D eigenvalue weighted by Gasteiger charge is 2.20. The van der Waals surface area contributed by atoms with Gasteiger partial charge in [-0.15, -0.1) is 0 Å². The van der Waals surface area contributed by atoms with Gasteiger partial charge in [0, 0.05) is 43.4 Å². The Bertz CT molecular complexity index is 797. The smallest absolute Gasteiger partial charge is 0.244 e. The molecule has 2 aromatic carbocycles. The van der Waals surface area contributed by atoms with Crippen LogP contribution >= 0.6 is 0 Å². The second kappa shape index (κ2) is 9.95. The van der Waals surface area contributed by atoms with Crippen LogP contribution in [0.5, 0.6) is 11.5 Å². The number of ether oxygens (including phenoxy) is 2. The summed E-state index contributed by atoms with van der Waals surface area (Å²) in [7, 11) is 3.22. The van der Waals surface area contributed by atoms with Crippen LogP contribution in [0.4, 0.5) is 0 Å². The third kappa shape index (κ3) is 5.60. The predicted molar refractivity (Wildman–Crippen MR) is 111 cm³/mol. The molecular weight excluding hydrogens is 352 g/mol. The third-order valence-corrected chi connectivity index (χ3v) is 5.04. The van der Waals surface area contributed by atoms with E-state index in [1.807, 2.05) is 18.2 Å². The molecule has 148 valence electrons. The van der Waals surface area contributed by atoms with Gasteiger partial charge in [-0.1, -0.05) is 30.3 Å². The molecule has 1 heterocycles. The molecule has 0 aliphatic carbocycles. The van der Waals surface area contributed by atoms with Gasteiger partial charge in [-0.3, -0.25) is 9.69 Å². The number of carbonyl (C=O) groups excluding carboxylic acids is 1. The molecule has 1 aliphatic rings. The zero-order chi connectivity index (χ0) is 19.8. The minimum Gasteiger partial charge on any atom is -0.497 e. The number of piperidine rings is 1. The zero-order valence-electron chi connectivity index (χ0n) is 16.6. The first-order valence-electron chi connectivity index (χ1n) is 9.65. The second-order valence-corrected chi connectivity index (χ2v) is 6.99. The van der Waals surface area contributed by atoms with E-state index in [1.165, 1.54) is 5.56 Å². The first kappa shape index (κ1) is 20.0. The average molecular weight is 380 g/mol. The van der Waals surface area contributed by atoms with E-state index < -0.39 is 0 Å². The minimum absolute atomic E-state index is 0.0700. The van der Waals surface area contributed by atoms with E-state index in [-0.39, 0.29) is 11.9 Å². The van der Waals surface area contributed by atoms with Crippen molar-refractivity contribution >= 4 is 12.0 Å². The highest BCUT2D eigenvalue weighted by molar-refractivity contribution is 5.92. The Hall–Kier alpha value is -2.79. The van der Waals surface area contributed by atoms with Crippen LogP contribution in [0.2, 0.25) is 0 Å². The molecule has 3 rings (SSSR count). The Morgan fingerprint density at radius 1 is 1.11 bits per heavy atom. The Morgan fingerprint density at radius 3 is 2.54 bits per heavy atom. The van der Waals surface area contributed by atoms with Gasteiger partial charge in [0.1, 0.15) is 11.5 Å². The number of carbonyl (C=O) groups is 1. The van der Waals surface area contributed by atoms with Crippen LogP contribution in [0.25, 0.3) is 6.08 Å². The maximum absolute atomic E-state index is 12.3. The molecule has 2 aromatic rings. The number of rotatable bonds is 7. The van der Waals surface area contributed by atoms with Crippen molar-refractivity contribution in [3.63, 3.8) is 0 Å². The fourth-order valence-electron chi connectivity index (χ4n) is 3.45. The van der Waals surface area contributed by atoms with E-state index >= 15 is 0 Å². The summed E-state index contributed by atoms with van der Waals surface area (Å²) >= 11 is 0. The summed E-state index contributed by atoms with van der Waals surface area (Å²) in [5.74, 6) is 1.33. The van der Waals surface area contributed by atoms with Crippen molar-refractivity contribution in [2.45, 2.75) is 25.4 Å². The molecule has 0 saturated carbocycles. The van der Waals surface area contributed by atoms with Gasteiger partial charge >= 0.3 is 0 Å². The van der Waals surface area contributed by atoms with Crippen LogP contribution in [0, 0.1) is 0 Å². The molecule has 0 spiro atoms. The molecule has 1 amide bonds. The van der Waals surface area contributed by atoms with Crippen LogP contribution in [0.15, 0.2) is 54.6 Å². The normalized spacial score (nSPS) is 15.5. The Kier molecular flexibility index (Phi) is 7.09. The number of benzene rings is 2. The lowest BCUT2D eigenvalue weighted by Gasteiger charge is -2.32. The summed E-state index contributed by atoms with van der Waals surface area (Å²) in [5, 5.41) is 3.12. The number of hydrogen-bond donors (Lipinski definition) is 1. The molecule has 0 bridgehead atoms. The van der Waals surface area contributed by atoms with Crippen molar-refractivity contribution in [1.82, 2.24) is 10.2 Å². The molecular formula is C23H28N2O3. The lowest BCUT2D eigenvalue weighted by molar-refractivity contribution is -0.117. The van der Waals surface area contributed by atoms with E-state index in [2.05, 4.69) is 34.5 Å². The fraction of sp³-hybridized carbons (Fsp3) is 0.348. The second-order valence-electron chi connectivity index (χ2n) is 6.99. The van der Waals surface area contributed by atoms with Gasteiger partial charge in [0.25, 0.3) is 0 Å². The summed E-state index contributed by atoms with van der Waals surface area (Å²) in [4.78, 5) is 14.7. The number of amides is 1. The summed E-state index contributed by atoms with van der Waals surface area (Å²) in [6.07, 6.45) is 5.29. The SMILES string of the molecule is COc1ccc(/C=C/C(=O)NC2CCN(Cc3ccccc3)CC2)c(OC)c1. The molecule has 28 heavy (non-hydrogen) atoms. The van der Waals surface area contributed by atoms with Crippen LogP contribution in [-0.2, 0) is 11.3 Å². The molecule has 1 saturated heterocycles. The molecule has 0 radical (unpaired) electrons. The standard InChI is InChI=1S/C23H28N2O3/c1-27-21-10-8-19(22(16-21)28-2)9-11-23(26)24-20-12-14-25(15-13-20)17-18-6-4-3-5-7-18/h3-11,16,20H,12-15,17H2,1-2H3,(H,24,26)/b11-9+. The van der Waals surface area contributed by atoms with Gasteiger partial charge in [-0.2, -0.15) is 0 Å². The first-order valence-corrected chi connectivity index (χ1v) is 9.65. The van der Waals surface area contributed by atoms with Crippen molar-refractivity contribution in [3.8, 4) is 11.5 Å². The number of likely N-dealkylation sites (tertiary alicyclic amines) is 1. The van der Waals surface area contributed by atoms with E-state index in [4.69, 9.17) is 9.47 Å². The van der Waals surface area contributed by atoms with Crippen molar-refractivity contribution in [3.05, 3.63) is 65.7 Å². The maximum atomic E-state index is 12.3. The Morgan fingerprint density at radius 2 is 1.86 bits per heavy atom. The van der Waals surface area contributed by atoms with Gasteiger partial charge in [-0.25, -0.2) is 0 Å². The van der Waals surface area contributed by atoms with E-state index in [1.54, 1.807) is 32.4 Å². The predicted octanol–water partition coefficient (Wildman–Crippen LogP) is 3.50. The summed E-state index contributed by atoms with van der Waals surface area (Å²) in [6.45, 7) is 2.96. The number of nitrogens with one attached hydrogen (secondary N) is 1. The van der Waals surface area contributed by atoms with E-state index in [0.717, 1.165) is 43.8 Å². The minimum atomic E-state index is -0.0700. The lowest BCUT2D eigenvalue weighted by atomic mass is 10.0. The Labute approximate surface area is 167 Å². The van der Waals surface area contributed by atoms with Gasteiger partial charge in [0.2, 0.25) is 5.91 Å². The molecule has 1 fully saturated rings. The Balaban J connectivity index is 1.47. The van der Waals surface area contributed by atoms with Crippen LogP contribution in [-0.4, -0.2) is 44.2 Å². The molecule has 0 aromatic heterocycles. The highest BCUT2D eigenvalue weighted by atomic mass is 16.5. The van der Waals surface area contributed by atoms with E-state index in [9.17, 15) is 4.79 Å². The highest BCUT2D eigenvalue weighted by Crippen LogP contribution is 2.25. The number of hydrogen-bond acceptors (Lipinski definition) is 4. The van der Waals surface area contributed by atoms with Gasteiger partial charge in [0.05, 0.1) is 14.2 Å². The van der Waals surface area contributed by atoms with E-state index in [0.29, 0.717) is 5.75 Å². The largest absolute Gasteiger partial charge is 0.497 e. The molecule has 5 heteroatoms. The molecule has 1 N–H and O–H groups in total. The quantitative estimate of drug-likeness (QED) is 0.747. The zero-order valence-corrected chi connectivity index (χ0v) is 16.6. The first-order chi connectivity index (χ1) is 13.7. The molecule has 1 aliphatic heterocycles. The summed E-state index contributed by atoms with van der Waals surface area (Å²) in [6, 6.07) is 16.3. The van der Waals surface area contributed by atoms with Crippen molar-refractivity contribution in [2.24, 2.45) is 0 Å². The van der Waals surface area contributed by atoms with Crippen LogP contribution < -0.4 is 14.8 Å². The molecule has 0 unspecified atom stereocenters. The lowest BCUT2D eigenvalue weighted by Crippen LogP contribution is -2.43.